The second kappa shape index (κ2) is 7.28. The van der Waals surface area contributed by atoms with Gasteiger partial charge in [-0.1, -0.05) is 35.9 Å². The van der Waals surface area contributed by atoms with E-state index in [9.17, 15) is 9.18 Å². The van der Waals surface area contributed by atoms with Crippen molar-refractivity contribution < 1.29 is 13.9 Å². The summed E-state index contributed by atoms with van der Waals surface area (Å²) in [4.78, 5) is 14.8. The third kappa shape index (κ3) is 3.14. The van der Waals surface area contributed by atoms with Crippen molar-refractivity contribution >= 4 is 17.5 Å². The van der Waals surface area contributed by atoms with Gasteiger partial charge in [-0.25, -0.2) is 4.39 Å². The van der Waals surface area contributed by atoms with Crippen LogP contribution in [0.25, 0.3) is 0 Å². The Bertz CT molecular complexity index is 1030. The molecule has 0 fully saturated rings. The van der Waals surface area contributed by atoms with E-state index in [0.717, 1.165) is 11.3 Å². The van der Waals surface area contributed by atoms with E-state index in [-0.39, 0.29) is 24.2 Å². The summed E-state index contributed by atoms with van der Waals surface area (Å²) in [7, 11) is 3.25. The van der Waals surface area contributed by atoms with Crippen molar-refractivity contribution in [2.24, 2.45) is 7.05 Å². The Morgan fingerprint density at radius 3 is 2.71 bits per heavy atom. The van der Waals surface area contributed by atoms with E-state index in [2.05, 4.69) is 5.10 Å². The summed E-state index contributed by atoms with van der Waals surface area (Å²) in [5.74, 6) is -0.344. The molecule has 0 bridgehead atoms. The summed E-state index contributed by atoms with van der Waals surface area (Å²) in [6.07, 6.45) is 2.12. The van der Waals surface area contributed by atoms with Gasteiger partial charge in [0, 0.05) is 25.6 Å². The molecule has 0 aliphatic carbocycles. The van der Waals surface area contributed by atoms with Crippen molar-refractivity contribution in [1.29, 1.82) is 0 Å². The first-order chi connectivity index (χ1) is 13.5. The molecule has 1 amide bonds. The highest BCUT2D eigenvalue weighted by Crippen LogP contribution is 2.38. The largest absolute Gasteiger partial charge is 0.494 e. The molecule has 2 aromatic carbocycles. The first kappa shape index (κ1) is 18.5. The number of aromatic nitrogens is 2. The van der Waals surface area contributed by atoms with Crippen molar-refractivity contribution in [3.05, 3.63) is 81.9 Å². The summed E-state index contributed by atoms with van der Waals surface area (Å²) in [6, 6.07) is 12.1. The molecular weight excluding hydrogens is 381 g/mol. The molecule has 144 valence electrons. The lowest BCUT2D eigenvalue weighted by molar-refractivity contribution is 0.0707. The lowest BCUT2D eigenvalue weighted by Gasteiger charge is -2.26. The topological polar surface area (TPSA) is 47.4 Å². The number of nitrogens with zero attached hydrogens (tertiary/aromatic N) is 3. The summed E-state index contributed by atoms with van der Waals surface area (Å²) < 4.78 is 20.8. The molecular formula is C21H19ClFN3O2. The number of carbonyl (C=O) groups excluding carboxylic acids is 1. The smallest absolute Gasteiger partial charge is 0.255 e. The molecule has 1 aromatic heterocycles. The molecule has 1 atom stereocenters. The van der Waals surface area contributed by atoms with Crippen molar-refractivity contribution in [2.45, 2.75) is 19.0 Å². The van der Waals surface area contributed by atoms with Gasteiger partial charge in [-0.15, -0.1) is 0 Å². The molecule has 28 heavy (non-hydrogen) atoms. The number of ether oxygens (including phenoxy) is 1. The molecule has 1 unspecified atom stereocenters. The third-order valence-corrected chi connectivity index (χ3v) is 5.47. The molecule has 0 saturated carbocycles. The molecule has 0 saturated heterocycles. The number of halogens is 2. The van der Waals surface area contributed by atoms with Crippen LogP contribution in [-0.4, -0.2) is 27.7 Å². The van der Waals surface area contributed by atoms with Gasteiger partial charge in [0.15, 0.2) is 11.6 Å². The van der Waals surface area contributed by atoms with Gasteiger partial charge < -0.3 is 9.64 Å². The minimum Gasteiger partial charge on any atom is -0.494 e. The fraction of sp³-hybridized carbons (Fsp3) is 0.238. The van der Waals surface area contributed by atoms with E-state index >= 15 is 0 Å². The van der Waals surface area contributed by atoms with Crippen molar-refractivity contribution in [2.75, 3.05) is 7.11 Å². The Balaban J connectivity index is 1.70. The Morgan fingerprint density at radius 2 is 2.04 bits per heavy atom. The summed E-state index contributed by atoms with van der Waals surface area (Å²) >= 11 is 6.30. The molecule has 0 spiro atoms. The number of aryl methyl sites for hydroxylation is 1. The van der Waals surface area contributed by atoms with E-state index in [4.69, 9.17) is 16.3 Å². The van der Waals surface area contributed by atoms with Crippen molar-refractivity contribution in [3.8, 4) is 5.75 Å². The maximum Gasteiger partial charge on any atom is 0.255 e. The Kier molecular flexibility index (Phi) is 4.81. The summed E-state index contributed by atoms with van der Waals surface area (Å²) in [5, 5.41) is 4.76. The Hall–Kier alpha value is -2.86. The number of amides is 1. The second-order valence-electron chi connectivity index (χ2n) is 6.77. The number of methoxy groups -OCH3 is 1. The highest BCUT2D eigenvalue weighted by Gasteiger charge is 2.37. The number of carbonyl (C=O) groups is 1. The van der Waals surface area contributed by atoms with E-state index in [1.54, 1.807) is 27.9 Å². The van der Waals surface area contributed by atoms with Crippen LogP contribution in [0.2, 0.25) is 5.02 Å². The lowest BCUT2D eigenvalue weighted by atomic mass is 10.0. The Labute approximate surface area is 167 Å². The van der Waals surface area contributed by atoms with E-state index in [1.165, 1.54) is 13.2 Å². The SMILES string of the molecule is COc1ccc(CN2C(=O)c3ccccc3C2Cc2c(Cl)cnn2C)cc1F. The minimum absolute atomic E-state index is 0.0740. The van der Waals surface area contributed by atoms with Crippen LogP contribution in [0.15, 0.2) is 48.7 Å². The number of benzene rings is 2. The molecule has 1 aliphatic rings. The zero-order valence-electron chi connectivity index (χ0n) is 15.5. The van der Waals surface area contributed by atoms with Gasteiger partial charge in [-0.3, -0.25) is 9.48 Å². The number of fused-ring (bicyclic) bond motifs is 1. The number of hydrogen-bond acceptors (Lipinski definition) is 3. The summed E-state index contributed by atoms with van der Waals surface area (Å²) in [5.41, 5.74) is 3.15. The van der Waals surface area contributed by atoms with Crippen LogP contribution in [0.1, 0.15) is 33.2 Å². The van der Waals surface area contributed by atoms with E-state index < -0.39 is 5.82 Å². The second-order valence-corrected chi connectivity index (χ2v) is 7.18. The molecule has 1 aliphatic heterocycles. The number of rotatable bonds is 5. The van der Waals surface area contributed by atoms with Crippen LogP contribution in [0.4, 0.5) is 4.39 Å². The van der Waals surface area contributed by atoms with Crippen LogP contribution < -0.4 is 4.74 Å². The molecule has 7 heteroatoms. The first-order valence-corrected chi connectivity index (χ1v) is 9.26. The van der Waals surface area contributed by atoms with Crippen LogP contribution >= 0.6 is 11.6 Å². The maximum atomic E-state index is 14.1. The van der Waals surface area contributed by atoms with Gasteiger partial charge in [-0.05, 0) is 29.3 Å². The van der Waals surface area contributed by atoms with Crippen LogP contribution in [0, 0.1) is 5.82 Å². The average Bonchev–Trinajstić information content (AvgIpc) is 3.14. The fourth-order valence-corrected chi connectivity index (χ4v) is 3.95. The zero-order valence-corrected chi connectivity index (χ0v) is 16.3. The average molecular weight is 400 g/mol. The molecule has 0 radical (unpaired) electrons. The van der Waals surface area contributed by atoms with Crippen LogP contribution in [0.5, 0.6) is 5.75 Å². The van der Waals surface area contributed by atoms with Gasteiger partial charge in [-0.2, -0.15) is 5.10 Å². The normalized spacial score (nSPS) is 15.8. The van der Waals surface area contributed by atoms with Gasteiger partial charge in [0.05, 0.1) is 30.1 Å². The predicted molar refractivity (Wildman–Crippen MR) is 104 cm³/mol. The first-order valence-electron chi connectivity index (χ1n) is 8.88. The van der Waals surface area contributed by atoms with Gasteiger partial charge in [0.1, 0.15) is 0 Å². The maximum absolute atomic E-state index is 14.1. The van der Waals surface area contributed by atoms with Crippen LogP contribution in [0.3, 0.4) is 0 Å². The van der Waals surface area contributed by atoms with Crippen molar-refractivity contribution in [3.63, 3.8) is 0 Å². The van der Waals surface area contributed by atoms with Crippen LogP contribution in [-0.2, 0) is 20.0 Å². The highest BCUT2D eigenvalue weighted by atomic mass is 35.5. The Morgan fingerprint density at radius 1 is 1.25 bits per heavy atom. The van der Waals surface area contributed by atoms with Gasteiger partial charge in [0.25, 0.3) is 5.91 Å². The monoisotopic (exact) mass is 399 g/mol. The highest BCUT2D eigenvalue weighted by molar-refractivity contribution is 6.31. The number of hydrogen-bond donors (Lipinski definition) is 0. The predicted octanol–water partition coefficient (Wildman–Crippen LogP) is 4.16. The molecule has 5 nitrogen and oxygen atoms in total. The summed E-state index contributed by atoms with van der Waals surface area (Å²) in [6.45, 7) is 0.286. The lowest BCUT2D eigenvalue weighted by Crippen LogP contribution is -2.29. The standard InChI is InChI=1S/C21H19ClFN3O2/c1-25-19(16(22)11-24-25)10-18-14-5-3-4-6-15(14)21(27)26(18)12-13-7-8-20(28-2)17(23)9-13/h3-9,11,18H,10,12H2,1-2H3. The third-order valence-electron chi connectivity index (χ3n) is 5.15. The fourth-order valence-electron chi connectivity index (χ4n) is 3.70. The quantitative estimate of drug-likeness (QED) is 0.647. The van der Waals surface area contributed by atoms with E-state index in [1.807, 2.05) is 31.3 Å². The van der Waals surface area contributed by atoms with Crippen molar-refractivity contribution in [1.82, 2.24) is 14.7 Å². The molecule has 0 N–H and O–H groups in total. The minimum atomic E-state index is -0.449. The molecule has 4 rings (SSSR count). The van der Waals surface area contributed by atoms with Gasteiger partial charge in [0.2, 0.25) is 0 Å². The van der Waals surface area contributed by atoms with E-state index in [0.29, 0.717) is 22.6 Å². The molecule has 3 aromatic rings. The van der Waals surface area contributed by atoms with Gasteiger partial charge >= 0.3 is 0 Å². The molecule has 2 heterocycles. The zero-order chi connectivity index (χ0) is 19.8.